The molecule has 0 bridgehead atoms. The third kappa shape index (κ3) is 2.38. The van der Waals surface area contributed by atoms with Gasteiger partial charge >= 0.3 is 0 Å². The van der Waals surface area contributed by atoms with Crippen molar-refractivity contribution < 1.29 is 4.74 Å². The maximum Gasteiger partial charge on any atom is 0.119 e. The molecule has 0 spiro atoms. The van der Waals surface area contributed by atoms with Crippen LogP contribution in [0.3, 0.4) is 0 Å². The number of likely N-dealkylation sites (tertiary alicyclic amines) is 1. The number of fused-ring (bicyclic) bond motifs is 1. The standard InChI is InChI=1S/C19H29NO/c1-14-8-9-16(21-4)13-18(14)19-10-6-5-7-17(19)15(2)20(3)12-11-19/h8-9,13,15,17H,5-7,10-12H2,1-4H3. The molecule has 2 fully saturated rings. The number of hydrogen-bond donors (Lipinski definition) is 0. The van der Waals surface area contributed by atoms with Crippen LogP contribution in [0.4, 0.5) is 0 Å². The molecule has 3 atom stereocenters. The van der Waals surface area contributed by atoms with Crippen LogP contribution < -0.4 is 4.74 Å². The number of ether oxygens (including phenoxy) is 1. The fraction of sp³-hybridized carbons (Fsp3) is 0.684. The highest BCUT2D eigenvalue weighted by atomic mass is 16.5. The van der Waals surface area contributed by atoms with Crippen molar-refractivity contribution in [2.24, 2.45) is 5.92 Å². The van der Waals surface area contributed by atoms with E-state index in [0.717, 1.165) is 11.7 Å². The van der Waals surface area contributed by atoms with E-state index in [-0.39, 0.29) is 0 Å². The molecule has 2 heteroatoms. The predicted octanol–water partition coefficient (Wildman–Crippen LogP) is 4.16. The topological polar surface area (TPSA) is 12.5 Å². The average Bonchev–Trinajstić information content (AvgIpc) is 2.52. The molecule has 2 nitrogen and oxygen atoms in total. The summed E-state index contributed by atoms with van der Waals surface area (Å²) in [5.74, 6) is 1.80. The second kappa shape index (κ2) is 5.64. The van der Waals surface area contributed by atoms with E-state index in [0.29, 0.717) is 11.5 Å². The van der Waals surface area contributed by atoms with Gasteiger partial charge in [-0.05, 0) is 75.9 Å². The quantitative estimate of drug-likeness (QED) is 0.810. The van der Waals surface area contributed by atoms with E-state index >= 15 is 0 Å². The Morgan fingerprint density at radius 2 is 2.05 bits per heavy atom. The Balaban J connectivity index is 2.08. The van der Waals surface area contributed by atoms with Crippen LogP contribution in [0.25, 0.3) is 0 Å². The summed E-state index contributed by atoms with van der Waals surface area (Å²) in [6.45, 7) is 5.92. The highest BCUT2D eigenvalue weighted by Crippen LogP contribution is 2.52. The van der Waals surface area contributed by atoms with Gasteiger partial charge in [-0.3, -0.25) is 0 Å². The van der Waals surface area contributed by atoms with Crippen LogP contribution in [-0.2, 0) is 5.41 Å². The molecule has 1 aromatic rings. The first-order valence-corrected chi connectivity index (χ1v) is 8.44. The normalized spacial score (nSPS) is 33.5. The monoisotopic (exact) mass is 287 g/mol. The first-order valence-electron chi connectivity index (χ1n) is 8.44. The van der Waals surface area contributed by atoms with Crippen molar-refractivity contribution in [3.63, 3.8) is 0 Å². The van der Waals surface area contributed by atoms with E-state index in [4.69, 9.17) is 4.74 Å². The summed E-state index contributed by atoms with van der Waals surface area (Å²) in [6.07, 6.45) is 6.80. The Morgan fingerprint density at radius 3 is 2.81 bits per heavy atom. The largest absolute Gasteiger partial charge is 0.497 e. The highest BCUT2D eigenvalue weighted by Gasteiger charge is 2.48. The van der Waals surface area contributed by atoms with E-state index < -0.39 is 0 Å². The minimum atomic E-state index is 0.378. The van der Waals surface area contributed by atoms with Crippen LogP contribution in [0.2, 0.25) is 0 Å². The predicted molar refractivity (Wildman–Crippen MR) is 88.1 cm³/mol. The summed E-state index contributed by atoms with van der Waals surface area (Å²) in [5.41, 5.74) is 3.38. The molecule has 116 valence electrons. The van der Waals surface area contributed by atoms with Crippen LogP contribution >= 0.6 is 0 Å². The molecule has 0 amide bonds. The minimum absolute atomic E-state index is 0.378. The Labute approximate surface area is 129 Å². The third-order valence-corrected chi connectivity index (χ3v) is 6.27. The van der Waals surface area contributed by atoms with E-state index in [1.165, 1.54) is 44.2 Å². The van der Waals surface area contributed by atoms with E-state index in [1.54, 1.807) is 12.7 Å². The van der Waals surface area contributed by atoms with Gasteiger partial charge in [0.05, 0.1) is 7.11 Å². The van der Waals surface area contributed by atoms with Gasteiger partial charge in [-0.2, -0.15) is 0 Å². The number of nitrogens with zero attached hydrogens (tertiary/aromatic N) is 1. The van der Waals surface area contributed by atoms with Gasteiger partial charge in [0.2, 0.25) is 0 Å². The van der Waals surface area contributed by atoms with E-state index in [1.807, 2.05) is 0 Å². The first-order chi connectivity index (χ1) is 10.1. The number of aryl methyl sites for hydroxylation is 1. The van der Waals surface area contributed by atoms with Crippen molar-refractivity contribution in [1.82, 2.24) is 4.90 Å². The Morgan fingerprint density at radius 1 is 1.24 bits per heavy atom. The zero-order valence-corrected chi connectivity index (χ0v) is 14.0. The Bertz CT molecular complexity index is 512. The average molecular weight is 287 g/mol. The second-order valence-corrected chi connectivity index (χ2v) is 7.16. The third-order valence-electron chi connectivity index (χ3n) is 6.27. The van der Waals surface area contributed by atoms with Gasteiger partial charge in [0.25, 0.3) is 0 Å². The molecule has 3 rings (SSSR count). The van der Waals surface area contributed by atoms with E-state index in [2.05, 4.69) is 44.0 Å². The fourth-order valence-corrected chi connectivity index (χ4v) is 4.90. The van der Waals surface area contributed by atoms with Crippen LogP contribution in [-0.4, -0.2) is 31.6 Å². The van der Waals surface area contributed by atoms with Gasteiger partial charge in [-0.1, -0.05) is 18.9 Å². The van der Waals surface area contributed by atoms with E-state index in [9.17, 15) is 0 Å². The molecule has 1 heterocycles. The van der Waals surface area contributed by atoms with Gasteiger partial charge in [0.15, 0.2) is 0 Å². The second-order valence-electron chi connectivity index (χ2n) is 7.16. The number of benzene rings is 1. The van der Waals surface area contributed by atoms with Crippen molar-refractivity contribution >= 4 is 0 Å². The molecule has 1 aromatic carbocycles. The summed E-state index contributed by atoms with van der Waals surface area (Å²) in [6, 6.07) is 7.36. The fourth-order valence-electron chi connectivity index (χ4n) is 4.90. The lowest BCUT2D eigenvalue weighted by atomic mass is 9.56. The van der Waals surface area contributed by atoms with Gasteiger partial charge in [0, 0.05) is 11.5 Å². The molecule has 2 aliphatic rings. The van der Waals surface area contributed by atoms with Gasteiger partial charge in [-0.15, -0.1) is 0 Å². The van der Waals surface area contributed by atoms with Gasteiger partial charge in [-0.25, -0.2) is 0 Å². The van der Waals surface area contributed by atoms with Crippen molar-refractivity contribution in [2.75, 3.05) is 20.7 Å². The number of hydrogen-bond acceptors (Lipinski definition) is 2. The number of piperidine rings is 1. The van der Waals surface area contributed by atoms with Crippen molar-refractivity contribution in [1.29, 1.82) is 0 Å². The van der Waals surface area contributed by atoms with Crippen LogP contribution in [0.1, 0.15) is 50.2 Å². The summed E-state index contributed by atoms with van der Waals surface area (Å²) in [5, 5.41) is 0. The molecule has 0 N–H and O–H groups in total. The van der Waals surface area contributed by atoms with Crippen LogP contribution in [0.15, 0.2) is 18.2 Å². The summed E-state index contributed by atoms with van der Waals surface area (Å²) in [4.78, 5) is 2.56. The lowest BCUT2D eigenvalue weighted by molar-refractivity contribution is 0.0225. The van der Waals surface area contributed by atoms with Gasteiger partial charge < -0.3 is 9.64 Å². The van der Waals surface area contributed by atoms with Gasteiger partial charge in [0.1, 0.15) is 5.75 Å². The lowest BCUT2D eigenvalue weighted by Gasteiger charge is -2.54. The van der Waals surface area contributed by atoms with Crippen LogP contribution in [0, 0.1) is 12.8 Å². The molecular weight excluding hydrogens is 258 g/mol. The highest BCUT2D eigenvalue weighted by molar-refractivity contribution is 5.41. The molecular formula is C19H29NO. The van der Waals surface area contributed by atoms with Crippen molar-refractivity contribution in [3.8, 4) is 5.75 Å². The number of methoxy groups -OCH3 is 1. The Hall–Kier alpha value is -1.02. The maximum absolute atomic E-state index is 5.51. The molecule has 0 radical (unpaired) electrons. The molecule has 0 aromatic heterocycles. The van der Waals surface area contributed by atoms with Crippen molar-refractivity contribution in [2.45, 2.75) is 57.4 Å². The SMILES string of the molecule is COc1ccc(C)c(C23CCCCC2C(C)N(C)CC3)c1. The minimum Gasteiger partial charge on any atom is -0.497 e. The number of rotatable bonds is 2. The smallest absolute Gasteiger partial charge is 0.119 e. The molecule has 21 heavy (non-hydrogen) atoms. The first kappa shape index (κ1) is 14.9. The zero-order chi connectivity index (χ0) is 15.0. The van der Waals surface area contributed by atoms with Crippen molar-refractivity contribution in [3.05, 3.63) is 29.3 Å². The molecule has 1 saturated carbocycles. The van der Waals surface area contributed by atoms with Crippen LogP contribution in [0.5, 0.6) is 5.75 Å². The Kier molecular flexibility index (Phi) is 4.00. The molecule has 1 saturated heterocycles. The summed E-state index contributed by atoms with van der Waals surface area (Å²) < 4.78 is 5.51. The zero-order valence-electron chi connectivity index (χ0n) is 14.0. The molecule has 1 aliphatic heterocycles. The molecule has 1 aliphatic carbocycles. The maximum atomic E-state index is 5.51. The summed E-state index contributed by atoms with van der Waals surface area (Å²) >= 11 is 0. The molecule has 3 unspecified atom stereocenters. The summed E-state index contributed by atoms with van der Waals surface area (Å²) in [7, 11) is 4.07. The lowest BCUT2D eigenvalue weighted by Crippen LogP contribution is -2.55.